The molecule has 0 spiro atoms. The molecule has 3 amide bonds. The van der Waals surface area contributed by atoms with E-state index < -0.39 is 0 Å². The van der Waals surface area contributed by atoms with Gasteiger partial charge in [0, 0.05) is 36.0 Å². The summed E-state index contributed by atoms with van der Waals surface area (Å²) in [5.41, 5.74) is 1.92. The molecule has 31 heavy (non-hydrogen) atoms. The molecule has 0 saturated carbocycles. The molecule has 1 aromatic carbocycles. The molecule has 2 N–H and O–H groups in total. The molecule has 0 atom stereocenters. The molecule has 0 aliphatic rings. The van der Waals surface area contributed by atoms with Crippen molar-refractivity contribution in [2.24, 2.45) is 0 Å². The first-order valence-corrected chi connectivity index (χ1v) is 10.7. The SMILES string of the molecule is COc1ccc(NC(=O)N(Cc2nc(C(=O)NCc3cccnc3)cs2)C(C)C)cc1. The summed E-state index contributed by atoms with van der Waals surface area (Å²) in [5, 5.41) is 8.11. The minimum Gasteiger partial charge on any atom is -0.497 e. The Kier molecular flexibility index (Phi) is 7.55. The van der Waals surface area contributed by atoms with Crippen molar-refractivity contribution in [3.05, 3.63) is 70.4 Å². The topological polar surface area (TPSA) is 96.5 Å². The van der Waals surface area contributed by atoms with E-state index in [0.717, 1.165) is 11.3 Å². The second-order valence-corrected chi connectivity index (χ2v) is 7.99. The Morgan fingerprint density at radius 3 is 2.61 bits per heavy atom. The summed E-state index contributed by atoms with van der Waals surface area (Å²) in [6.45, 7) is 4.55. The maximum atomic E-state index is 12.8. The molecule has 0 fully saturated rings. The summed E-state index contributed by atoms with van der Waals surface area (Å²) in [5.74, 6) is 0.459. The molecule has 0 radical (unpaired) electrons. The van der Waals surface area contributed by atoms with Crippen molar-refractivity contribution >= 4 is 29.0 Å². The first-order valence-electron chi connectivity index (χ1n) is 9.79. The molecule has 3 aromatic rings. The lowest BCUT2D eigenvalue weighted by Gasteiger charge is -2.26. The van der Waals surface area contributed by atoms with Gasteiger partial charge in [0.05, 0.1) is 13.7 Å². The van der Waals surface area contributed by atoms with Crippen LogP contribution in [0.15, 0.2) is 54.2 Å². The second kappa shape index (κ2) is 10.5. The van der Waals surface area contributed by atoms with Crippen molar-refractivity contribution in [2.75, 3.05) is 12.4 Å². The third-order valence-electron chi connectivity index (χ3n) is 4.49. The van der Waals surface area contributed by atoms with Crippen LogP contribution in [0.5, 0.6) is 5.75 Å². The van der Waals surface area contributed by atoms with E-state index in [0.29, 0.717) is 29.5 Å². The van der Waals surface area contributed by atoms with Gasteiger partial charge in [0.15, 0.2) is 0 Å². The number of thiazole rings is 1. The summed E-state index contributed by atoms with van der Waals surface area (Å²) in [4.78, 5) is 35.3. The van der Waals surface area contributed by atoms with Crippen molar-refractivity contribution in [1.29, 1.82) is 0 Å². The van der Waals surface area contributed by atoms with Gasteiger partial charge in [-0.2, -0.15) is 0 Å². The van der Waals surface area contributed by atoms with Gasteiger partial charge in [0.25, 0.3) is 5.91 Å². The fourth-order valence-corrected chi connectivity index (χ4v) is 3.54. The average Bonchev–Trinajstić information content (AvgIpc) is 3.25. The molecule has 9 heteroatoms. The Morgan fingerprint density at radius 2 is 1.97 bits per heavy atom. The highest BCUT2D eigenvalue weighted by Gasteiger charge is 2.20. The molecule has 162 valence electrons. The van der Waals surface area contributed by atoms with E-state index in [1.54, 1.807) is 54.0 Å². The van der Waals surface area contributed by atoms with E-state index in [4.69, 9.17) is 4.74 Å². The van der Waals surface area contributed by atoms with E-state index in [-0.39, 0.29) is 18.0 Å². The average molecular weight is 440 g/mol. The first-order chi connectivity index (χ1) is 15.0. The van der Waals surface area contributed by atoms with Crippen LogP contribution >= 0.6 is 11.3 Å². The number of amides is 3. The lowest BCUT2D eigenvalue weighted by Crippen LogP contribution is -2.39. The molecule has 2 aromatic heterocycles. The molecule has 0 unspecified atom stereocenters. The van der Waals surface area contributed by atoms with Crippen molar-refractivity contribution in [3.8, 4) is 5.75 Å². The van der Waals surface area contributed by atoms with Crippen LogP contribution < -0.4 is 15.4 Å². The third kappa shape index (κ3) is 6.26. The number of hydrogen-bond acceptors (Lipinski definition) is 6. The number of ether oxygens (including phenoxy) is 1. The Morgan fingerprint density at radius 1 is 1.19 bits per heavy atom. The van der Waals surface area contributed by atoms with Crippen molar-refractivity contribution in [2.45, 2.75) is 33.0 Å². The number of nitrogens with zero attached hydrogens (tertiary/aromatic N) is 3. The standard InChI is InChI=1S/C22H25N5O3S/c1-15(2)27(22(29)25-17-6-8-18(30-3)9-7-17)13-20-26-19(14-31-20)21(28)24-12-16-5-4-10-23-11-16/h4-11,14-15H,12-13H2,1-3H3,(H,24,28)(H,25,29). The predicted octanol–water partition coefficient (Wildman–Crippen LogP) is 3.92. The Bertz CT molecular complexity index is 1010. The highest BCUT2D eigenvalue weighted by Crippen LogP contribution is 2.18. The van der Waals surface area contributed by atoms with Gasteiger partial charge in [0.1, 0.15) is 16.5 Å². The summed E-state index contributed by atoms with van der Waals surface area (Å²) in [6.07, 6.45) is 3.39. The van der Waals surface area contributed by atoms with Gasteiger partial charge in [-0.05, 0) is 49.7 Å². The second-order valence-electron chi connectivity index (χ2n) is 7.05. The van der Waals surface area contributed by atoms with Crippen LogP contribution in [-0.2, 0) is 13.1 Å². The smallest absolute Gasteiger partial charge is 0.322 e. The van der Waals surface area contributed by atoms with E-state index in [9.17, 15) is 9.59 Å². The maximum Gasteiger partial charge on any atom is 0.322 e. The molecule has 2 heterocycles. The van der Waals surface area contributed by atoms with Crippen LogP contribution in [0.4, 0.5) is 10.5 Å². The van der Waals surface area contributed by atoms with Gasteiger partial charge < -0.3 is 20.3 Å². The number of hydrogen-bond donors (Lipinski definition) is 2. The molecular weight excluding hydrogens is 414 g/mol. The summed E-state index contributed by atoms with van der Waals surface area (Å²) < 4.78 is 5.14. The van der Waals surface area contributed by atoms with E-state index >= 15 is 0 Å². The van der Waals surface area contributed by atoms with Crippen LogP contribution in [0.2, 0.25) is 0 Å². The van der Waals surface area contributed by atoms with Crippen molar-refractivity contribution in [1.82, 2.24) is 20.2 Å². The number of urea groups is 1. The predicted molar refractivity (Wildman–Crippen MR) is 120 cm³/mol. The number of aromatic nitrogens is 2. The Labute approximate surface area is 185 Å². The first kappa shape index (κ1) is 22.2. The molecule has 0 aliphatic carbocycles. The lowest BCUT2D eigenvalue weighted by molar-refractivity contribution is 0.0946. The van der Waals surface area contributed by atoms with Gasteiger partial charge in [-0.1, -0.05) is 6.07 Å². The highest BCUT2D eigenvalue weighted by molar-refractivity contribution is 7.09. The summed E-state index contributed by atoms with van der Waals surface area (Å²) in [7, 11) is 1.59. The minimum absolute atomic E-state index is 0.0509. The minimum atomic E-state index is -0.259. The van der Waals surface area contributed by atoms with Gasteiger partial charge in [-0.25, -0.2) is 9.78 Å². The fraction of sp³-hybridized carbons (Fsp3) is 0.273. The summed E-state index contributed by atoms with van der Waals surface area (Å²) >= 11 is 1.35. The largest absolute Gasteiger partial charge is 0.497 e. The zero-order chi connectivity index (χ0) is 22.2. The molecule has 8 nitrogen and oxygen atoms in total. The number of nitrogens with one attached hydrogen (secondary N) is 2. The number of carbonyl (C=O) groups is 2. The van der Waals surface area contributed by atoms with Gasteiger partial charge in [-0.3, -0.25) is 9.78 Å². The van der Waals surface area contributed by atoms with E-state index in [2.05, 4.69) is 20.6 Å². The lowest BCUT2D eigenvalue weighted by atomic mass is 10.3. The quantitative estimate of drug-likeness (QED) is 0.555. The number of methoxy groups -OCH3 is 1. The van der Waals surface area contributed by atoms with Crippen LogP contribution in [0.1, 0.15) is 34.9 Å². The zero-order valence-corrected chi connectivity index (χ0v) is 18.5. The summed E-state index contributed by atoms with van der Waals surface area (Å²) in [6, 6.07) is 10.6. The number of benzene rings is 1. The van der Waals surface area contributed by atoms with E-state index in [1.165, 1.54) is 11.3 Å². The van der Waals surface area contributed by atoms with Crippen molar-refractivity contribution < 1.29 is 14.3 Å². The molecule has 0 aliphatic heterocycles. The van der Waals surface area contributed by atoms with Gasteiger partial charge >= 0.3 is 6.03 Å². The number of anilines is 1. The Balaban J connectivity index is 1.60. The molecule has 0 saturated heterocycles. The maximum absolute atomic E-state index is 12.8. The third-order valence-corrected chi connectivity index (χ3v) is 5.32. The molecule has 0 bridgehead atoms. The fourth-order valence-electron chi connectivity index (χ4n) is 2.77. The van der Waals surface area contributed by atoms with Gasteiger partial charge in [0.2, 0.25) is 0 Å². The highest BCUT2D eigenvalue weighted by atomic mass is 32.1. The van der Waals surface area contributed by atoms with Crippen molar-refractivity contribution in [3.63, 3.8) is 0 Å². The molecular formula is C22H25N5O3S. The normalized spacial score (nSPS) is 10.6. The van der Waals surface area contributed by atoms with E-state index in [1.807, 2.05) is 26.0 Å². The number of carbonyl (C=O) groups excluding carboxylic acids is 2. The molecule has 3 rings (SSSR count). The Hall–Kier alpha value is -3.46. The zero-order valence-electron chi connectivity index (χ0n) is 17.7. The van der Waals surface area contributed by atoms with Crippen LogP contribution in [0.3, 0.4) is 0 Å². The monoisotopic (exact) mass is 439 g/mol. The number of pyridine rings is 1. The van der Waals surface area contributed by atoms with Gasteiger partial charge in [-0.15, -0.1) is 11.3 Å². The van der Waals surface area contributed by atoms with Crippen LogP contribution in [0.25, 0.3) is 0 Å². The number of rotatable bonds is 8. The van der Waals surface area contributed by atoms with Crippen LogP contribution in [0, 0.1) is 0 Å². The van der Waals surface area contributed by atoms with Crippen LogP contribution in [-0.4, -0.2) is 40.0 Å².